The Hall–Kier alpha value is -2.07. The van der Waals surface area contributed by atoms with Crippen LogP contribution in [0.25, 0.3) is 0 Å². The van der Waals surface area contributed by atoms with Gasteiger partial charge in [-0.2, -0.15) is 10.5 Å². The molecule has 0 saturated carbocycles. The van der Waals surface area contributed by atoms with Gasteiger partial charge in [-0.25, -0.2) is 0 Å². The van der Waals surface area contributed by atoms with Gasteiger partial charge < -0.3 is 5.32 Å². The molecule has 4 nitrogen and oxygen atoms in total. The molecular formula is C7H3N3O. The SMILES string of the molecule is N#CC(C#N)=C1C=CNC1=O. The molecule has 0 fully saturated rings. The van der Waals surface area contributed by atoms with Crippen LogP contribution in [0.4, 0.5) is 0 Å². The summed E-state index contributed by atoms with van der Waals surface area (Å²) in [5.74, 6) is -0.400. The Morgan fingerprint density at radius 2 is 2.09 bits per heavy atom. The van der Waals surface area contributed by atoms with Crippen LogP contribution >= 0.6 is 0 Å². The maximum absolute atomic E-state index is 10.8. The summed E-state index contributed by atoms with van der Waals surface area (Å²) in [4.78, 5) is 10.8. The van der Waals surface area contributed by atoms with Gasteiger partial charge in [0.1, 0.15) is 17.7 Å². The predicted molar refractivity (Wildman–Crippen MR) is 35.5 cm³/mol. The van der Waals surface area contributed by atoms with Crippen LogP contribution in [0.1, 0.15) is 0 Å². The standard InChI is InChI=1S/C7H3N3O/c8-3-5(4-9)6-1-2-10-7(6)11/h1-2H,(H,10,11). The van der Waals surface area contributed by atoms with Crippen molar-refractivity contribution in [1.29, 1.82) is 10.5 Å². The van der Waals surface area contributed by atoms with Gasteiger partial charge in [0.25, 0.3) is 5.91 Å². The van der Waals surface area contributed by atoms with Crippen molar-refractivity contribution in [2.45, 2.75) is 0 Å². The minimum atomic E-state index is -0.400. The maximum atomic E-state index is 10.8. The Morgan fingerprint density at radius 3 is 2.45 bits per heavy atom. The fraction of sp³-hybridized carbons (Fsp3) is 0. The molecule has 0 aliphatic carbocycles. The van der Waals surface area contributed by atoms with Crippen LogP contribution in [0.2, 0.25) is 0 Å². The lowest BCUT2D eigenvalue weighted by Crippen LogP contribution is -2.12. The molecule has 52 valence electrons. The molecule has 1 amide bonds. The Labute approximate surface area is 63.0 Å². The van der Waals surface area contributed by atoms with Gasteiger partial charge in [-0.1, -0.05) is 0 Å². The lowest BCUT2D eigenvalue weighted by atomic mass is 10.1. The third-order valence-corrected chi connectivity index (χ3v) is 1.20. The van der Waals surface area contributed by atoms with Gasteiger partial charge in [0, 0.05) is 6.20 Å². The highest BCUT2D eigenvalue weighted by molar-refractivity contribution is 6.01. The van der Waals surface area contributed by atoms with E-state index in [4.69, 9.17) is 10.5 Å². The number of hydrogen-bond acceptors (Lipinski definition) is 3. The minimum Gasteiger partial charge on any atom is -0.329 e. The van der Waals surface area contributed by atoms with Gasteiger partial charge in [0.05, 0.1) is 5.57 Å². The van der Waals surface area contributed by atoms with Crippen LogP contribution in [0.15, 0.2) is 23.4 Å². The highest BCUT2D eigenvalue weighted by Crippen LogP contribution is 2.08. The summed E-state index contributed by atoms with van der Waals surface area (Å²) in [5.41, 5.74) is -0.0220. The molecule has 11 heavy (non-hydrogen) atoms. The summed E-state index contributed by atoms with van der Waals surface area (Å²) >= 11 is 0. The van der Waals surface area contributed by atoms with Crippen molar-refractivity contribution >= 4 is 5.91 Å². The molecule has 1 rings (SSSR count). The van der Waals surface area contributed by atoms with Crippen molar-refractivity contribution in [1.82, 2.24) is 5.32 Å². The van der Waals surface area contributed by atoms with Crippen molar-refractivity contribution < 1.29 is 4.79 Å². The molecule has 1 heterocycles. The van der Waals surface area contributed by atoms with Crippen molar-refractivity contribution in [3.8, 4) is 12.1 Å². The number of hydrogen-bond donors (Lipinski definition) is 1. The van der Waals surface area contributed by atoms with Crippen molar-refractivity contribution in [2.75, 3.05) is 0 Å². The Morgan fingerprint density at radius 1 is 1.45 bits per heavy atom. The maximum Gasteiger partial charge on any atom is 0.257 e. The summed E-state index contributed by atoms with van der Waals surface area (Å²) in [6, 6.07) is 3.26. The van der Waals surface area contributed by atoms with Crippen LogP contribution < -0.4 is 5.32 Å². The molecule has 0 bridgehead atoms. The smallest absolute Gasteiger partial charge is 0.257 e. The van der Waals surface area contributed by atoms with Crippen LogP contribution in [0, 0.1) is 22.7 Å². The van der Waals surface area contributed by atoms with E-state index in [1.807, 2.05) is 0 Å². The molecule has 0 aromatic carbocycles. The summed E-state index contributed by atoms with van der Waals surface area (Å²) in [6.07, 6.45) is 2.80. The van der Waals surface area contributed by atoms with E-state index < -0.39 is 5.91 Å². The van der Waals surface area contributed by atoms with E-state index in [0.29, 0.717) is 0 Å². The minimum absolute atomic E-state index is 0.134. The van der Waals surface area contributed by atoms with Crippen molar-refractivity contribution in [3.05, 3.63) is 23.4 Å². The number of amides is 1. The monoisotopic (exact) mass is 145 g/mol. The number of carbonyl (C=O) groups excluding carboxylic acids is 1. The number of carbonyl (C=O) groups is 1. The summed E-state index contributed by atoms with van der Waals surface area (Å²) in [5, 5.41) is 19.1. The number of nitrogens with one attached hydrogen (secondary N) is 1. The zero-order chi connectivity index (χ0) is 8.27. The zero-order valence-corrected chi connectivity index (χ0v) is 5.46. The molecule has 0 unspecified atom stereocenters. The van der Waals surface area contributed by atoms with Crippen molar-refractivity contribution in [2.24, 2.45) is 0 Å². The van der Waals surface area contributed by atoms with Gasteiger partial charge in [-0.15, -0.1) is 0 Å². The first-order valence-corrected chi connectivity index (χ1v) is 2.81. The predicted octanol–water partition coefficient (Wildman–Crippen LogP) is -0.0263. The molecule has 0 aromatic heterocycles. The second-order valence-electron chi connectivity index (χ2n) is 1.82. The summed E-state index contributed by atoms with van der Waals surface area (Å²) in [6.45, 7) is 0. The molecule has 0 radical (unpaired) electrons. The molecule has 1 aliphatic heterocycles. The molecule has 1 aliphatic rings. The lowest BCUT2D eigenvalue weighted by molar-refractivity contribution is -0.115. The number of allylic oxidation sites excluding steroid dienone is 1. The zero-order valence-electron chi connectivity index (χ0n) is 5.46. The van der Waals surface area contributed by atoms with E-state index in [1.165, 1.54) is 12.3 Å². The van der Waals surface area contributed by atoms with E-state index >= 15 is 0 Å². The van der Waals surface area contributed by atoms with Crippen LogP contribution in [-0.2, 0) is 4.79 Å². The third kappa shape index (κ3) is 1.10. The third-order valence-electron chi connectivity index (χ3n) is 1.20. The Balaban J connectivity index is 3.17. The normalized spacial score (nSPS) is 13.6. The molecule has 4 heteroatoms. The first-order chi connectivity index (χ1) is 5.29. The van der Waals surface area contributed by atoms with Crippen LogP contribution in [-0.4, -0.2) is 5.91 Å². The van der Waals surface area contributed by atoms with E-state index in [-0.39, 0.29) is 11.1 Å². The molecule has 0 spiro atoms. The number of rotatable bonds is 0. The van der Waals surface area contributed by atoms with Gasteiger partial charge in [0.15, 0.2) is 0 Å². The van der Waals surface area contributed by atoms with E-state index in [2.05, 4.69) is 5.32 Å². The first kappa shape index (κ1) is 7.04. The van der Waals surface area contributed by atoms with Gasteiger partial charge in [-0.05, 0) is 6.08 Å². The second kappa shape index (κ2) is 2.68. The summed E-state index contributed by atoms with van der Waals surface area (Å²) in [7, 11) is 0. The fourth-order valence-electron chi connectivity index (χ4n) is 0.696. The number of nitrogens with zero attached hydrogens (tertiary/aromatic N) is 2. The molecular weight excluding hydrogens is 142 g/mol. The van der Waals surface area contributed by atoms with Gasteiger partial charge in [0.2, 0.25) is 0 Å². The Kier molecular flexibility index (Phi) is 1.71. The quantitative estimate of drug-likeness (QED) is 0.384. The average molecular weight is 145 g/mol. The van der Waals surface area contributed by atoms with E-state index in [1.54, 1.807) is 12.1 Å². The second-order valence-corrected chi connectivity index (χ2v) is 1.82. The highest BCUT2D eigenvalue weighted by Gasteiger charge is 2.15. The molecule has 1 N–H and O–H groups in total. The average Bonchev–Trinajstić information content (AvgIpc) is 2.40. The molecule has 0 aromatic rings. The Bertz CT molecular complexity index is 322. The fourth-order valence-corrected chi connectivity index (χ4v) is 0.696. The van der Waals surface area contributed by atoms with E-state index in [9.17, 15) is 4.79 Å². The topological polar surface area (TPSA) is 76.7 Å². The van der Waals surface area contributed by atoms with Gasteiger partial charge >= 0.3 is 0 Å². The van der Waals surface area contributed by atoms with Gasteiger partial charge in [-0.3, -0.25) is 4.79 Å². The van der Waals surface area contributed by atoms with E-state index in [0.717, 1.165) is 0 Å². The highest BCUT2D eigenvalue weighted by atomic mass is 16.1. The largest absolute Gasteiger partial charge is 0.329 e. The lowest BCUT2D eigenvalue weighted by Gasteiger charge is -1.89. The molecule has 0 atom stereocenters. The number of nitriles is 2. The summed E-state index contributed by atoms with van der Waals surface area (Å²) < 4.78 is 0. The first-order valence-electron chi connectivity index (χ1n) is 2.81. The molecule has 0 saturated heterocycles. The van der Waals surface area contributed by atoms with Crippen LogP contribution in [0.5, 0.6) is 0 Å². The van der Waals surface area contributed by atoms with Crippen LogP contribution in [0.3, 0.4) is 0 Å². The van der Waals surface area contributed by atoms with Crippen molar-refractivity contribution in [3.63, 3.8) is 0 Å².